The molecule has 1 aliphatic heterocycles. The second-order valence-electron chi connectivity index (χ2n) is 3.96. The fraction of sp³-hybridized carbons (Fsp3) is 0.900. The van der Waals surface area contributed by atoms with Crippen molar-refractivity contribution in [2.75, 3.05) is 27.2 Å². The second kappa shape index (κ2) is 5.32. The maximum atomic E-state index is 11.4. The molecule has 14 heavy (non-hydrogen) atoms. The number of rotatable bonds is 3. The van der Waals surface area contributed by atoms with Gasteiger partial charge in [-0.25, -0.2) is 0 Å². The number of amides is 1. The fourth-order valence-electron chi connectivity index (χ4n) is 1.89. The standard InChI is InChI=1S/C10H21N3O/c1-8(10(14)11-2)13(3)9-5-4-6-12-7-9/h8-9,12H,4-7H2,1-3H3,(H,11,14). The Morgan fingerprint density at radius 3 is 2.86 bits per heavy atom. The maximum absolute atomic E-state index is 11.4. The minimum atomic E-state index is -0.0371. The molecule has 4 nitrogen and oxygen atoms in total. The Balaban J connectivity index is 2.45. The van der Waals surface area contributed by atoms with E-state index in [4.69, 9.17) is 0 Å². The SMILES string of the molecule is CNC(=O)C(C)N(C)C1CCCNC1. The molecule has 1 amide bonds. The van der Waals surface area contributed by atoms with E-state index in [0.29, 0.717) is 6.04 Å². The zero-order chi connectivity index (χ0) is 10.6. The van der Waals surface area contributed by atoms with Crippen LogP contribution in [0.5, 0.6) is 0 Å². The Morgan fingerprint density at radius 2 is 2.36 bits per heavy atom. The highest BCUT2D eigenvalue weighted by molar-refractivity contribution is 5.80. The van der Waals surface area contributed by atoms with Crippen molar-refractivity contribution in [3.63, 3.8) is 0 Å². The van der Waals surface area contributed by atoms with Gasteiger partial charge in [-0.05, 0) is 33.4 Å². The largest absolute Gasteiger partial charge is 0.358 e. The average molecular weight is 199 g/mol. The van der Waals surface area contributed by atoms with Gasteiger partial charge in [0.1, 0.15) is 0 Å². The maximum Gasteiger partial charge on any atom is 0.236 e. The van der Waals surface area contributed by atoms with Crippen molar-refractivity contribution in [1.29, 1.82) is 0 Å². The summed E-state index contributed by atoms with van der Waals surface area (Å²) in [6.07, 6.45) is 2.39. The Hall–Kier alpha value is -0.610. The molecule has 4 heteroatoms. The molecular formula is C10H21N3O. The molecule has 2 unspecified atom stereocenters. The molecule has 82 valence electrons. The van der Waals surface area contributed by atoms with Crippen molar-refractivity contribution in [2.24, 2.45) is 0 Å². The van der Waals surface area contributed by atoms with Gasteiger partial charge < -0.3 is 10.6 Å². The summed E-state index contributed by atoms with van der Waals surface area (Å²) >= 11 is 0. The van der Waals surface area contributed by atoms with Crippen molar-refractivity contribution >= 4 is 5.91 Å². The summed E-state index contributed by atoms with van der Waals surface area (Å²) in [6.45, 7) is 4.06. The molecule has 0 saturated carbocycles. The first kappa shape index (κ1) is 11.5. The van der Waals surface area contributed by atoms with Crippen LogP contribution < -0.4 is 10.6 Å². The lowest BCUT2D eigenvalue weighted by atomic mass is 10.0. The molecule has 2 N–H and O–H groups in total. The van der Waals surface area contributed by atoms with Gasteiger partial charge in [-0.1, -0.05) is 0 Å². The van der Waals surface area contributed by atoms with Crippen LogP contribution in [0, 0.1) is 0 Å². The summed E-state index contributed by atoms with van der Waals surface area (Å²) in [5.74, 6) is 0.0954. The Morgan fingerprint density at radius 1 is 1.64 bits per heavy atom. The summed E-state index contributed by atoms with van der Waals surface area (Å²) in [5.41, 5.74) is 0. The Kier molecular flexibility index (Phi) is 4.35. The first-order valence-corrected chi connectivity index (χ1v) is 5.31. The summed E-state index contributed by atoms with van der Waals surface area (Å²) < 4.78 is 0. The van der Waals surface area contributed by atoms with Crippen molar-refractivity contribution < 1.29 is 4.79 Å². The van der Waals surface area contributed by atoms with Gasteiger partial charge in [0, 0.05) is 19.6 Å². The molecule has 0 aromatic carbocycles. The first-order chi connectivity index (χ1) is 6.66. The Bertz CT molecular complexity index is 190. The van der Waals surface area contributed by atoms with Gasteiger partial charge in [0.05, 0.1) is 6.04 Å². The molecule has 0 spiro atoms. The number of carbonyl (C=O) groups is 1. The van der Waals surface area contributed by atoms with Crippen molar-refractivity contribution in [3.05, 3.63) is 0 Å². The number of carbonyl (C=O) groups excluding carboxylic acids is 1. The van der Waals surface area contributed by atoms with Crippen molar-refractivity contribution in [3.8, 4) is 0 Å². The average Bonchev–Trinajstić information content (AvgIpc) is 2.27. The molecule has 1 rings (SSSR count). The van der Waals surface area contributed by atoms with E-state index in [1.165, 1.54) is 12.8 Å². The summed E-state index contributed by atoms with van der Waals surface area (Å²) in [7, 11) is 3.71. The van der Waals surface area contributed by atoms with Crippen LogP contribution in [0.1, 0.15) is 19.8 Å². The number of nitrogens with zero attached hydrogens (tertiary/aromatic N) is 1. The molecular weight excluding hydrogens is 178 g/mol. The molecule has 0 aromatic rings. The predicted molar refractivity (Wildman–Crippen MR) is 57.2 cm³/mol. The normalized spacial score (nSPS) is 24.7. The number of nitrogens with one attached hydrogen (secondary N) is 2. The topological polar surface area (TPSA) is 44.4 Å². The molecule has 1 heterocycles. The highest BCUT2D eigenvalue weighted by atomic mass is 16.2. The van der Waals surface area contributed by atoms with Crippen LogP contribution in [0.4, 0.5) is 0 Å². The molecule has 0 aromatic heterocycles. The van der Waals surface area contributed by atoms with Crippen LogP contribution in [0.15, 0.2) is 0 Å². The molecule has 0 bridgehead atoms. The van der Waals surface area contributed by atoms with Crippen LogP contribution in [0.25, 0.3) is 0 Å². The molecule has 0 radical (unpaired) electrons. The summed E-state index contributed by atoms with van der Waals surface area (Å²) in [6, 6.07) is 0.459. The van der Waals surface area contributed by atoms with Gasteiger partial charge in [-0.2, -0.15) is 0 Å². The third-order valence-electron chi connectivity index (χ3n) is 3.08. The van der Waals surface area contributed by atoms with Crippen LogP contribution in [-0.2, 0) is 4.79 Å². The van der Waals surface area contributed by atoms with Crippen LogP contribution in [0.3, 0.4) is 0 Å². The van der Waals surface area contributed by atoms with Crippen LogP contribution >= 0.6 is 0 Å². The van der Waals surface area contributed by atoms with Gasteiger partial charge in [-0.3, -0.25) is 9.69 Å². The zero-order valence-corrected chi connectivity index (χ0v) is 9.34. The first-order valence-electron chi connectivity index (χ1n) is 5.31. The van der Waals surface area contributed by atoms with Crippen LogP contribution in [-0.4, -0.2) is 50.1 Å². The lowest BCUT2D eigenvalue weighted by Gasteiger charge is -2.34. The van der Waals surface area contributed by atoms with E-state index >= 15 is 0 Å². The lowest BCUT2D eigenvalue weighted by molar-refractivity contribution is -0.125. The predicted octanol–water partition coefficient (Wildman–Crippen LogP) is -0.195. The van der Waals surface area contributed by atoms with E-state index in [9.17, 15) is 4.79 Å². The number of hydrogen-bond acceptors (Lipinski definition) is 3. The van der Waals surface area contributed by atoms with E-state index < -0.39 is 0 Å². The minimum Gasteiger partial charge on any atom is -0.358 e. The smallest absolute Gasteiger partial charge is 0.236 e. The van der Waals surface area contributed by atoms with Crippen molar-refractivity contribution in [2.45, 2.75) is 31.8 Å². The Labute approximate surface area is 86.0 Å². The van der Waals surface area contributed by atoms with E-state index in [1.807, 2.05) is 14.0 Å². The van der Waals surface area contributed by atoms with E-state index in [2.05, 4.69) is 15.5 Å². The molecule has 0 aliphatic carbocycles. The number of piperidine rings is 1. The molecule has 1 saturated heterocycles. The summed E-state index contributed by atoms with van der Waals surface area (Å²) in [4.78, 5) is 13.6. The number of likely N-dealkylation sites (N-methyl/N-ethyl adjacent to an activating group) is 2. The molecule has 1 aliphatic rings. The lowest BCUT2D eigenvalue weighted by Crippen LogP contribution is -2.51. The quantitative estimate of drug-likeness (QED) is 0.662. The monoisotopic (exact) mass is 199 g/mol. The van der Waals surface area contributed by atoms with Gasteiger partial charge in [0.2, 0.25) is 5.91 Å². The second-order valence-corrected chi connectivity index (χ2v) is 3.96. The third-order valence-corrected chi connectivity index (χ3v) is 3.08. The van der Waals surface area contributed by atoms with Crippen LogP contribution in [0.2, 0.25) is 0 Å². The molecule has 1 fully saturated rings. The zero-order valence-electron chi connectivity index (χ0n) is 9.34. The van der Waals surface area contributed by atoms with Gasteiger partial charge in [0.15, 0.2) is 0 Å². The molecule has 2 atom stereocenters. The van der Waals surface area contributed by atoms with E-state index in [0.717, 1.165) is 13.1 Å². The van der Waals surface area contributed by atoms with Gasteiger partial charge >= 0.3 is 0 Å². The minimum absolute atomic E-state index is 0.0371. The number of hydrogen-bond donors (Lipinski definition) is 2. The van der Waals surface area contributed by atoms with E-state index in [1.54, 1.807) is 7.05 Å². The van der Waals surface area contributed by atoms with E-state index in [-0.39, 0.29) is 11.9 Å². The fourth-order valence-corrected chi connectivity index (χ4v) is 1.89. The third kappa shape index (κ3) is 2.69. The summed E-state index contributed by atoms with van der Waals surface area (Å²) in [5, 5.41) is 6.04. The van der Waals surface area contributed by atoms with Gasteiger partial charge in [0.25, 0.3) is 0 Å². The van der Waals surface area contributed by atoms with Crippen molar-refractivity contribution in [1.82, 2.24) is 15.5 Å². The highest BCUT2D eigenvalue weighted by Crippen LogP contribution is 2.11. The highest BCUT2D eigenvalue weighted by Gasteiger charge is 2.25. The van der Waals surface area contributed by atoms with Gasteiger partial charge in [-0.15, -0.1) is 0 Å².